The Morgan fingerprint density at radius 2 is 1.47 bits per heavy atom. The molecule has 0 saturated carbocycles. The second-order valence-electron chi connectivity index (χ2n) is 8.27. The van der Waals surface area contributed by atoms with E-state index in [1.807, 2.05) is 60.7 Å². The smallest absolute Gasteiger partial charge is 0.217 e. The summed E-state index contributed by atoms with van der Waals surface area (Å²) in [6.07, 6.45) is -0.239. The molecule has 5 nitrogen and oxygen atoms in total. The minimum absolute atomic E-state index is 0. The summed E-state index contributed by atoms with van der Waals surface area (Å²) in [5.41, 5.74) is 3.34. The van der Waals surface area contributed by atoms with Crippen molar-refractivity contribution in [2.45, 2.75) is 12.1 Å². The number of hydrogen-bond donors (Lipinski definition) is 1. The molecule has 0 saturated heterocycles. The Labute approximate surface area is 223 Å². The third-order valence-corrected chi connectivity index (χ3v) is 5.94. The van der Waals surface area contributed by atoms with E-state index in [4.69, 9.17) is 14.5 Å². The van der Waals surface area contributed by atoms with E-state index in [1.165, 1.54) is 0 Å². The number of benzene rings is 4. The van der Waals surface area contributed by atoms with Gasteiger partial charge in [0.2, 0.25) is 5.88 Å². The molecule has 36 heavy (non-hydrogen) atoms. The Bertz CT molecular complexity index is 1520. The summed E-state index contributed by atoms with van der Waals surface area (Å²) >= 11 is 0. The Hall–Kier alpha value is -3.95. The maximum atomic E-state index is 10.1. The maximum absolute atomic E-state index is 10.1. The maximum Gasteiger partial charge on any atom is 0.217 e. The number of aliphatic imine (C=N–C) groups is 1. The number of nitrogens with zero attached hydrogens (tertiary/aromatic N) is 2. The Morgan fingerprint density at radius 1 is 0.750 bits per heavy atom. The topological polar surface area (TPSA) is 63.9 Å². The van der Waals surface area contributed by atoms with Gasteiger partial charge in [-0.15, -0.1) is 18.2 Å². The molecule has 0 fully saturated rings. The number of phenols is 1. The predicted molar refractivity (Wildman–Crippen MR) is 135 cm³/mol. The van der Waals surface area contributed by atoms with Crippen LogP contribution in [0, 0.1) is 6.07 Å². The van der Waals surface area contributed by atoms with Crippen LogP contribution in [0.1, 0.15) is 28.8 Å². The second kappa shape index (κ2) is 10.3. The monoisotopic (exact) mass is 652 g/mol. The molecule has 1 aromatic heterocycles. The summed E-state index contributed by atoms with van der Waals surface area (Å²) in [6.45, 7) is 0. The van der Waals surface area contributed by atoms with Crippen LogP contribution in [-0.4, -0.2) is 16.0 Å². The van der Waals surface area contributed by atoms with Crippen molar-refractivity contribution < 1.29 is 35.6 Å². The number of fused-ring (bicyclic) bond motifs is 1. The van der Waals surface area contributed by atoms with Gasteiger partial charge in [-0.05, 0) is 23.3 Å². The van der Waals surface area contributed by atoms with Crippen molar-refractivity contribution >= 4 is 16.8 Å². The van der Waals surface area contributed by atoms with Gasteiger partial charge >= 0.3 is 0 Å². The standard InChI is InChI=1S/C30H21N2O3.Pt/c33-25-16-8-13-21-17-18-26(31-27(21)25)34-24-15-7-14-23(19-24)30-32-28(20-9-3-1-4-10-20)29(35-30)22-11-5-2-6-12-22;/h1-18,28-29,33H;/q-1;/t28-,29+;/m0./s1. The zero-order valence-electron chi connectivity index (χ0n) is 19.0. The van der Waals surface area contributed by atoms with E-state index >= 15 is 0 Å². The molecule has 2 atom stereocenters. The van der Waals surface area contributed by atoms with Crippen molar-refractivity contribution in [2.75, 3.05) is 0 Å². The molecule has 1 N–H and O–H groups in total. The average Bonchev–Trinajstić information content (AvgIpc) is 3.36. The molecule has 2 heterocycles. The van der Waals surface area contributed by atoms with Crippen molar-refractivity contribution in [1.82, 2.24) is 4.98 Å². The van der Waals surface area contributed by atoms with Gasteiger partial charge in [0.15, 0.2) is 0 Å². The molecule has 5 aromatic rings. The van der Waals surface area contributed by atoms with Crippen molar-refractivity contribution in [2.24, 2.45) is 4.99 Å². The molecular weight excluding hydrogens is 631 g/mol. The third-order valence-electron chi connectivity index (χ3n) is 5.94. The molecule has 1 aliphatic rings. The van der Waals surface area contributed by atoms with E-state index in [0.717, 1.165) is 16.5 Å². The minimum Gasteiger partial charge on any atom is -0.510 e. The average molecular weight is 653 g/mol. The van der Waals surface area contributed by atoms with Gasteiger partial charge in [-0.1, -0.05) is 84.4 Å². The van der Waals surface area contributed by atoms with Crippen LogP contribution in [0.5, 0.6) is 17.4 Å². The molecular formula is C30H21N2O3Pt-. The zero-order chi connectivity index (χ0) is 23.6. The largest absolute Gasteiger partial charge is 0.510 e. The molecule has 4 aromatic carbocycles. The predicted octanol–water partition coefficient (Wildman–Crippen LogP) is 6.79. The van der Waals surface area contributed by atoms with E-state index in [9.17, 15) is 5.11 Å². The van der Waals surface area contributed by atoms with Gasteiger partial charge in [-0.25, -0.2) is 4.98 Å². The number of ether oxygens (including phenoxy) is 2. The molecule has 1 aliphatic heterocycles. The van der Waals surface area contributed by atoms with Gasteiger partial charge in [-0.3, -0.25) is 4.99 Å². The first kappa shape index (κ1) is 23.8. The van der Waals surface area contributed by atoms with Gasteiger partial charge in [0.05, 0.1) is 0 Å². The summed E-state index contributed by atoms with van der Waals surface area (Å²) in [5, 5.41) is 11.0. The fourth-order valence-electron chi connectivity index (χ4n) is 4.25. The minimum atomic E-state index is -0.239. The molecule has 180 valence electrons. The number of phenolic OH excluding ortho intramolecular Hbond substituents is 1. The molecule has 0 amide bonds. The molecule has 0 aliphatic carbocycles. The van der Waals surface area contributed by atoms with Crippen molar-refractivity contribution in [3.8, 4) is 17.4 Å². The van der Waals surface area contributed by atoms with Crippen LogP contribution in [0.15, 0.2) is 114 Å². The number of para-hydroxylation sites is 1. The SMILES string of the molecule is Oc1cccc2ccc(Oc3[c-]c(C4=N[C@@H](c5ccccc5)[C@@H](c5ccccc5)O4)ccc3)nc12.[Pt]. The van der Waals surface area contributed by atoms with Crippen molar-refractivity contribution in [3.63, 3.8) is 0 Å². The van der Waals surface area contributed by atoms with Gasteiger partial charge in [-0.2, -0.15) is 0 Å². The third kappa shape index (κ3) is 4.75. The number of aromatic nitrogens is 1. The quantitative estimate of drug-likeness (QED) is 0.213. The molecule has 6 rings (SSSR count). The summed E-state index contributed by atoms with van der Waals surface area (Å²) in [6, 6.07) is 37.9. The summed E-state index contributed by atoms with van der Waals surface area (Å²) in [4.78, 5) is 9.39. The number of pyridine rings is 1. The Morgan fingerprint density at radius 3 is 2.25 bits per heavy atom. The molecule has 0 unspecified atom stereocenters. The first-order valence-corrected chi connectivity index (χ1v) is 11.4. The van der Waals surface area contributed by atoms with E-state index in [-0.39, 0.29) is 39.0 Å². The first-order valence-electron chi connectivity index (χ1n) is 11.4. The van der Waals surface area contributed by atoms with Gasteiger partial charge < -0.3 is 14.6 Å². The van der Waals surface area contributed by atoms with Crippen LogP contribution in [-0.2, 0) is 25.8 Å². The summed E-state index contributed by atoms with van der Waals surface area (Å²) < 4.78 is 12.4. The number of hydrogen-bond acceptors (Lipinski definition) is 5. The normalized spacial score (nSPS) is 16.6. The molecule has 0 bridgehead atoms. The van der Waals surface area contributed by atoms with Gasteiger partial charge in [0, 0.05) is 38.3 Å². The van der Waals surface area contributed by atoms with Crippen LogP contribution in [0.2, 0.25) is 0 Å². The first-order chi connectivity index (χ1) is 17.2. The second-order valence-corrected chi connectivity index (χ2v) is 8.27. The molecule has 0 spiro atoms. The zero-order valence-corrected chi connectivity index (χ0v) is 21.3. The Balaban J connectivity index is 0.00000267. The summed E-state index contributed by atoms with van der Waals surface area (Å²) in [7, 11) is 0. The van der Waals surface area contributed by atoms with Crippen molar-refractivity contribution in [1.29, 1.82) is 0 Å². The van der Waals surface area contributed by atoms with E-state index in [2.05, 4.69) is 35.3 Å². The van der Waals surface area contributed by atoms with Crippen LogP contribution >= 0.6 is 0 Å². The van der Waals surface area contributed by atoms with Gasteiger partial charge in [0.1, 0.15) is 29.3 Å². The fourth-order valence-corrected chi connectivity index (χ4v) is 4.25. The number of aromatic hydroxyl groups is 1. The van der Waals surface area contributed by atoms with E-state index in [1.54, 1.807) is 24.3 Å². The Kier molecular flexibility index (Phi) is 6.83. The van der Waals surface area contributed by atoms with E-state index in [0.29, 0.717) is 28.6 Å². The van der Waals surface area contributed by atoms with E-state index < -0.39 is 0 Å². The molecule has 6 heteroatoms. The summed E-state index contributed by atoms with van der Waals surface area (Å²) in [5.74, 6) is 1.47. The van der Waals surface area contributed by atoms with Crippen LogP contribution in [0.3, 0.4) is 0 Å². The van der Waals surface area contributed by atoms with Crippen molar-refractivity contribution in [3.05, 3.63) is 132 Å². The van der Waals surface area contributed by atoms with Crippen LogP contribution in [0.25, 0.3) is 10.9 Å². The number of rotatable bonds is 5. The van der Waals surface area contributed by atoms with Gasteiger partial charge in [0.25, 0.3) is 0 Å². The van der Waals surface area contributed by atoms with Crippen LogP contribution in [0.4, 0.5) is 0 Å². The van der Waals surface area contributed by atoms with Crippen LogP contribution < -0.4 is 4.74 Å². The fraction of sp³-hybridized carbons (Fsp3) is 0.0667. The molecule has 0 radical (unpaired) electrons.